The minimum absolute atomic E-state index is 0.00441. The summed E-state index contributed by atoms with van der Waals surface area (Å²) in [5.74, 6) is -0.162. The van der Waals surface area contributed by atoms with Gasteiger partial charge in [0.05, 0.1) is 18.1 Å². The molecule has 182 valence electrons. The van der Waals surface area contributed by atoms with E-state index in [0.717, 1.165) is 57.2 Å². The Labute approximate surface area is 192 Å². The fourth-order valence-electron chi connectivity index (χ4n) is 5.47. The van der Waals surface area contributed by atoms with Gasteiger partial charge >= 0.3 is 12.1 Å². The van der Waals surface area contributed by atoms with Crippen molar-refractivity contribution in [2.75, 3.05) is 13.2 Å². The third-order valence-corrected chi connectivity index (χ3v) is 7.28. The number of nitrogens with zero attached hydrogens (tertiary/aromatic N) is 2. The van der Waals surface area contributed by atoms with Gasteiger partial charge in [-0.2, -0.15) is 13.2 Å². The first kappa shape index (κ1) is 24.0. The highest BCUT2D eigenvalue weighted by Crippen LogP contribution is 2.34. The molecular formula is C24H32F3N3O3. The first-order valence-electron chi connectivity index (χ1n) is 12.0. The topological polar surface area (TPSA) is 71.5 Å². The van der Waals surface area contributed by atoms with Crippen LogP contribution in [0.25, 0.3) is 0 Å². The predicted octanol–water partition coefficient (Wildman–Crippen LogP) is 3.87. The minimum Gasteiger partial charge on any atom is -0.466 e. The van der Waals surface area contributed by atoms with Gasteiger partial charge in [-0.15, -0.1) is 0 Å². The molecule has 2 atom stereocenters. The summed E-state index contributed by atoms with van der Waals surface area (Å²) < 4.78 is 44.3. The lowest BCUT2D eigenvalue weighted by molar-refractivity contribution is -0.149. The number of hydrogen-bond donors (Lipinski definition) is 1. The summed E-state index contributed by atoms with van der Waals surface area (Å²) in [6.45, 7) is 2.92. The molecule has 0 aromatic carbocycles. The molecule has 3 aliphatic rings. The van der Waals surface area contributed by atoms with Gasteiger partial charge < -0.3 is 15.0 Å². The normalized spacial score (nSPS) is 27.8. The molecule has 2 aliphatic carbocycles. The van der Waals surface area contributed by atoms with Gasteiger partial charge in [0.1, 0.15) is 0 Å². The average molecular weight is 468 g/mol. The fraction of sp³-hybridized carbons (Fsp3) is 0.708. The van der Waals surface area contributed by atoms with Crippen LogP contribution in [0.1, 0.15) is 68.7 Å². The average Bonchev–Trinajstić information content (AvgIpc) is 3.26. The van der Waals surface area contributed by atoms with E-state index in [1.54, 1.807) is 4.90 Å². The summed E-state index contributed by atoms with van der Waals surface area (Å²) in [7, 11) is 0. The van der Waals surface area contributed by atoms with Gasteiger partial charge in [0.15, 0.2) is 0 Å². The number of carbonyl (C=O) groups excluding carboxylic acids is 2. The smallest absolute Gasteiger partial charge is 0.417 e. The molecule has 2 fully saturated rings. The highest BCUT2D eigenvalue weighted by molar-refractivity contribution is 5.79. The number of carbonyl (C=O) groups is 2. The number of ether oxygens (including phenoxy) is 1. The molecule has 2 heterocycles. The van der Waals surface area contributed by atoms with Crippen LogP contribution in [0.4, 0.5) is 13.2 Å². The Morgan fingerprint density at radius 3 is 2.52 bits per heavy atom. The monoisotopic (exact) mass is 467 g/mol. The van der Waals surface area contributed by atoms with Crippen molar-refractivity contribution in [1.29, 1.82) is 0 Å². The van der Waals surface area contributed by atoms with Crippen molar-refractivity contribution in [1.82, 2.24) is 15.2 Å². The SMILES string of the molecule is CCOC(=O)C1CCC(NC2CCC(C(=O)N3CCc4ncc(C(F)(F)F)cc4C3)C2)CC1. The molecule has 6 nitrogen and oxygen atoms in total. The second-order valence-corrected chi connectivity index (χ2v) is 9.51. The molecule has 0 radical (unpaired) electrons. The molecule has 1 aliphatic heterocycles. The van der Waals surface area contributed by atoms with Crippen LogP contribution in [-0.2, 0) is 33.5 Å². The maximum absolute atomic E-state index is 13.1. The fourth-order valence-corrected chi connectivity index (χ4v) is 5.47. The zero-order chi connectivity index (χ0) is 23.6. The van der Waals surface area contributed by atoms with E-state index in [1.807, 2.05) is 6.92 Å². The summed E-state index contributed by atoms with van der Waals surface area (Å²) in [5, 5.41) is 3.68. The van der Waals surface area contributed by atoms with E-state index >= 15 is 0 Å². The minimum atomic E-state index is -4.44. The molecule has 0 saturated heterocycles. The van der Waals surface area contributed by atoms with E-state index in [2.05, 4.69) is 10.3 Å². The summed E-state index contributed by atoms with van der Waals surface area (Å²) in [4.78, 5) is 30.7. The number of hydrogen-bond acceptors (Lipinski definition) is 5. The summed E-state index contributed by atoms with van der Waals surface area (Å²) in [6.07, 6.45) is 2.89. The number of pyridine rings is 1. The molecule has 1 amide bonds. The third-order valence-electron chi connectivity index (χ3n) is 7.28. The predicted molar refractivity (Wildman–Crippen MR) is 115 cm³/mol. The first-order valence-corrected chi connectivity index (χ1v) is 12.0. The highest BCUT2D eigenvalue weighted by Gasteiger charge is 2.37. The van der Waals surface area contributed by atoms with Crippen LogP contribution in [0.3, 0.4) is 0 Å². The van der Waals surface area contributed by atoms with E-state index < -0.39 is 11.7 Å². The number of fused-ring (bicyclic) bond motifs is 1. The Balaban J connectivity index is 1.27. The van der Waals surface area contributed by atoms with Crippen molar-refractivity contribution in [3.8, 4) is 0 Å². The van der Waals surface area contributed by atoms with Gasteiger partial charge in [-0.25, -0.2) is 0 Å². The number of esters is 1. The van der Waals surface area contributed by atoms with Crippen molar-refractivity contribution < 1.29 is 27.5 Å². The van der Waals surface area contributed by atoms with E-state index in [1.165, 1.54) is 0 Å². The van der Waals surface area contributed by atoms with Gasteiger partial charge in [-0.05, 0) is 63.5 Å². The van der Waals surface area contributed by atoms with Gasteiger partial charge in [0.2, 0.25) is 5.91 Å². The second kappa shape index (κ2) is 9.99. The molecule has 1 aromatic heterocycles. The van der Waals surface area contributed by atoms with Crippen LogP contribution < -0.4 is 5.32 Å². The quantitative estimate of drug-likeness (QED) is 0.666. The van der Waals surface area contributed by atoms with Crippen LogP contribution in [0.5, 0.6) is 0 Å². The highest BCUT2D eigenvalue weighted by atomic mass is 19.4. The second-order valence-electron chi connectivity index (χ2n) is 9.51. The van der Waals surface area contributed by atoms with Crippen molar-refractivity contribution in [2.24, 2.45) is 11.8 Å². The number of amides is 1. The molecule has 4 rings (SSSR count). The number of alkyl halides is 3. The van der Waals surface area contributed by atoms with Gasteiger partial charge in [-0.1, -0.05) is 0 Å². The maximum atomic E-state index is 13.1. The third kappa shape index (κ3) is 5.67. The molecule has 33 heavy (non-hydrogen) atoms. The Morgan fingerprint density at radius 2 is 1.82 bits per heavy atom. The van der Waals surface area contributed by atoms with E-state index in [0.29, 0.717) is 36.9 Å². The van der Waals surface area contributed by atoms with E-state index in [9.17, 15) is 22.8 Å². The molecule has 2 saturated carbocycles. The molecule has 0 spiro atoms. The Kier molecular flexibility index (Phi) is 7.26. The molecule has 1 N–H and O–H groups in total. The first-order chi connectivity index (χ1) is 15.7. The van der Waals surface area contributed by atoms with Crippen LogP contribution in [0, 0.1) is 11.8 Å². The lowest BCUT2D eigenvalue weighted by Crippen LogP contribution is -2.42. The van der Waals surface area contributed by atoms with Crippen molar-refractivity contribution in [3.05, 3.63) is 29.1 Å². The zero-order valence-corrected chi connectivity index (χ0v) is 19.0. The Bertz CT molecular complexity index is 868. The molecule has 1 aromatic rings. The van der Waals surface area contributed by atoms with E-state index in [4.69, 9.17) is 4.74 Å². The lowest BCUT2D eigenvalue weighted by Gasteiger charge is -2.31. The molecule has 0 bridgehead atoms. The summed E-state index contributed by atoms with van der Waals surface area (Å²) in [5.41, 5.74) is 0.380. The Hall–Kier alpha value is -2.16. The standard InChI is InChI=1S/C24H32F3N3O3/c1-2-33-23(32)15-3-6-19(7-4-15)29-20-8-5-16(12-20)22(31)30-10-9-21-17(14-30)11-18(13-28-21)24(25,26)27/h11,13,15-16,19-20,29H,2-10,12,14H2,1H3. The summed E-state index contributed by atoms with van der Waals surface area (Å²) in [6, 6.07) is 1.75. The van der Waals surface area contributed by atoms with E-state index in [-0.39, 0.29) is 36.3 Å². The van der Waals surface area contributed by atoms with Crippen LogP contribution in [-0.4, -0.2) is 47.0 Å². The van der Waals surface area contributed by atoms with Crippen molar-refractivity contribution >= 4 is 11.9 Å². The summed E-state index contributed by atoms with van der Waals surface area (Å²) >= 11 is 0. The molecule has 9 heteroatoms. The zero-order valence-electron chi connectivity index (χ0n) is 19.0. The molecular weight excluding hydrogens is 435 g/mol. The number of aromatic nitrogens is 1. The van der Waals surface area contributed by atoms with Gasteiger partial charge in [0.25, 0.3) is 0 Å². The van der Waals surface area contributed by atoms with Crippen molar-refractivity contribution in [2.45, 2.75) is 83.1 Å². The number of nitrogens with one attached hydrogen (secondary N) is 1. The van der Waals surface area contributed by atoms with Crippen LogP contribution in [0.2, 0.25) is 0 Å². The van der Waals surface area contributed by atoms with Gasteiger partial charge in [-0.3, -0.25) is 14.6 Å². The number of rotatable bonds is 5. The van der Waals surface area contributed by atoms with Gasteiger partial charge in [0, 0.05) is 49.4 Å². The Morgan fingerprint density at radius 1 is 1.12 bits per heavy atom. The van der Waals surface area contributed by atoms with Crippen LogP contribution in [0.15, 0.2) is 12.3 Å². The maximum Gasteiger partial charge on any atom is 0.417 e. The largest absolute Gasteiger partial charge is 0.466 e. The lowest BCUT2D eigenvalue weighted by atomic mass is 9.85. The molecule has 2 unspecified atom stereocenters. The number of halogens is 3. The van der Waals surface area contributed by atoms with Crippen molar-refractivity contribution in [3.63, 3.8) is 0 Å². The van der Waals surface area contributed by atoms with Crippen LogP contribution >= 0.6 is 0 Å².